The average molecular weight is 348 g/mol. The number of alkyl halides is 3. The number of carbonyl (C=O) groups is 1. The first kappa shape index (κ1) is 17.5. The summed E-state index contributed by atoms with van der Waals surface area (Å²) in [4.78, 5) is 11.7. The van der Waals surface area contributed by atoms with Crippen molar-refractivity contribution in [3.05, 3.63) is 70.8 Å². The van der Waals surface area contributed by atoms with E-state index in [1.165, 1.54) is 0 Å². The van der Waals surface area contributed by atoms with Crippen LogP contribution in [0.25, 0.3) is 0 Å². The molecule has 0 spiro atoms. The average Bonchev–Trinajstić information content (AvgIpc) is 3.28. The molecule has 2 aromatic carbocycles. The van der Waals surface area contributed by atoms with E-state index in [1.807, 2.05) is 12.1 Å². The van der Waals surface area contributed by atoms with Gasteiger partial charge in [0.25, 0.3) is 0 Å². The van der Waals surface area contributed by atoms with Crippen LogP contribution in [0.4, 0.5) is 13.2 Å². The van der Waals surface area contributed by atoms with Gasteiger partial charge in [0.2, 0.25) is 0 Å². The highest BCUT2D eigenvalue weighted by atomic mass is 19.4. The van der Waals surface area contributed by atoms with Gasteiger partial charge in [0.05, 0.1) is 17.7 Å². The summed E-state index contributed by atoms with van der Waals surface area (Å²) in [6.45, 7) is 4.18. The zero-order chi connectivity index (χ0) is 18.2. The molecule has 2 nitrogen and oxygen atoms in total. The number of esters is 1. The summed E-state index contributed by atoms with van der Waals surface area (Å²) in [6, 6.07) is 12.7. The fourth-order valence-electron chi connectivity index (χ4n) is 3.28. The highest BCUT2D eigenvalue weighted by Gasteiger charge is 2.51. The van der Waals surface area contributed by atoms with Crippen LogP contribution >= 0.6 is 0 Å². The molecular formula is C20H19F3O2. The Labute approximate surface area is 144 Å². The standard InChI is InChI=1S/C20H19F3O2/c1-3-25-18(24)14-6-8-15(9-7-14)19(2)12-17(19)13-4-10-16(11-5-13)20(21,22)23/h4-11,17H,3,12H2,1-2H3. The number of benzene rings is 2. The molecule has 2 aromatic rings. The van der Waals surface area contributed by atoms with E-state index in [1.54, 1.807) is 31.2 Å². The van der Waals surface area contributed by atoms with Gasteiger partial charge in [-0.25, -0.2) is 4.79 Å². The topological polar surface area (TPSA) is 26.3 Å². The summed E-state index contributed by atoms with van der Waals surface area (Å²) in [5, 5.41) is 0. The van der Waals surface area contributed by atoms with Crippen LogP contribution in [0.2, 0.25) is 0 Å². The molecule has 1 aliphatic carbocycles. The van der Waals surface area contributed by atoms with Gasteiger partial charge in [0.1, 0.15) is 0 Å². The van der Waals surface area contributed by atoms with Crippen molar-refractivity contribution in [3.63, 3.8) is 0 Å². The molecule has 1 saturated carbocycles. The monoisotopic (exact) mass is 348 g/mol. The van der Waals surface area contributed by atoms with Crippen molar-refractivity contribution >= 4 is 5.97 Å². The van der Waals surface area contributed by atoms with Crippen LogP contribution in [0, 0.1) is 0 Å². The lowest BCUT2D eigenvalue weighted by molar-refractivity contribution is -0.137. The number of rotatable bonds is 4. The molecule has 1 aliphatic rings. The summed E-state index contributed by atoms with van der Waals surface area (Å²) >= 11 is 0. The highest BCUT2D eigenvalue weighted by Crippen LogP contribution is 2.60. The Hall–Kier alpha value is -2.30. The van der Waals surface area contributed by atoms with E-state index >= 15 is 0 Å². The van der Waals surface area contributed by atoms with Gasteiger partial charge < -0.3 is 4.74 Å². The minimum atomic E-state index is -4.31. The molecule has 132 valence electrons. The smallest absolute Gasteiger partial charge is 0.416 e. The Morgan fingerprint density at radius 3 is 2.24 bits per heavy atom. The van der Waals surface area contributed by atoms with E-state index in [4.69, 9.17) is 4.74 Å². The molecule has 1 fully saturated rings. The van der Waals surface area contributed by atoms with Gasteiger partial charge in [0, 0.05) is 0 Å². The molecule has 5 heteroatoms. The summed E-state index contributed by atoms with van der Waals surface area (Å²) < 4.78 is 43.0. The van der Waals surface area contributed by atoms with E-state index in [0.29, 0.717) is 12.2 Å². The van der Waals surface area contributed by atoms with Gasteiger partial charge in [0.15, 0.2) is 0 Å². The number of halogens is 3. The second kappa shape index (κ2) is 6.21. The van der Waals surface area contributed by atoms with Gasteiger partial charge in [-0.15, -0.1) is 0 Å². The molecule has 0 heterocycles. The first-order chi connectivity index (χ1) is 11.8. The Kier molecular flexibility index (Phi) is 4.35. The van der Waals surface area contributed by atoms with Gasteiger partial charge in [-0.2, -0.15) is 13.2 Å². The summed E-state index contributed by atoms with van der Waals surface area (Å²) in [5.74, 6) is -0.169. The maximum Gasteiger partial charge on any atom is 0.416 e. The van der Waals surface area contributed by atoms with Crippen molar-refractivity contribution in [1.29, 1.82) is 0 Å². The Balaban J connectivity index is 1.75. The maximum absolute atomic E-state index is 12.7. The van der Waals surface area contributed by atoms with E-state index < -0.39 is 11.7 Å². The number of hydrogen-bond acceptors (Lipinski definition) is 2. The lowest BCUT2D eigenvalue weighted by atomic mass is 9.92. The minimum absolute atomic E-state index is 0.118. The van der Waals surface area contributed by atoms with Crippen LogP contribution in [0.1, 0.15) is 53.2 Å². The fraction of sp³-hybridized carbons (Fsp3) is 0.350. The van der Waals surface area contributed by atoms with Crippen molar-refractivity contribution in [2.45, 2.75) is 37.8 Å². The molecule has 3 rings (SSSR count). The SMILES string of the molecule is CCOC(=O)c1ccc(C2(C)CC2c2ccc(C(F)(F)F)cc2)cc1. The molecule has 25 heavy (non-hydrogen) atoms. The molecule has 0 saturated heterocycles. The molecule has 2 atom stereocenters. The first-order valence-electron chi connectivity index (χ1n) is 8.20. The second-order valence-corrected chi connectivity index (χ2v) is 6.59. The summed E-state index contributed by atoms with van der Waals surface area (Å²) in [5.41, 5.74) is 1.74. The Bertz CT molecular complexity index is 763. The normalized spacial score (nSPS) is 22.5. The lowest BCUT2D eigenvalue weighted by Gasteiger charge is -2.13. The van der Waals surface area contributed by atoms with Gasteiger partial charge in [-0.3, -0.25) is 0 Å². The van der Waals surface area contributed by atoms with Crippen LogP contribution in [0.3, 0.4) is 0 Å². The van der Waals surface area contributed by atoms with Crippen molar-refractivity contribution in [2.24, 2.45) is 0 Å². The van der Waals surface area contributed by atoms with Crippen LogP contribution in [0.15, 0.2) is 48.5 Å². The van der Waals surface area contributed by atoms with E-state index in [0.717, 1.165) is 29.7 Å². The number of ether oxygens (including phenoxy) is 1. The second-order valence-electron chi connectivity index (χ2n) is 6.59. The van der Waals surface area contributed by atoms with Gasteiger partial charge in [-0.1, -0.05) is 31.2 Å². The third-order valence-electron chi connectivity index (χ3n) is 4.93. The van der Waals surface area contributed by atoms with E-state index in [-0.39, 0.29) is 17.3 Å². The van der Waals surface area contributed by atoms with Gasteiger partial charge >= 0.3 is 12.1 Å². The fourth-order valence-corrected chi connectivity index (χ4v) is 3.28. The molecular weight excluding hydrogens is 329 g/mol. The molecule has 0 N–H and O–H groups in total. The largest absolute Gasteiger partial charge is 0.462 e. The molecule has 0 amide bonds. The van der Waals surface area contributed by atoms with Crippen molar-refractivity contribution < 1.29 is 22.7 Å². The van der Waals surface area contributed by atoms with Gasteiger partial charge in [-0.05, 0) is 60.1 Å². The van der Waals surface area contributed by atoms with Crippen LogP contribution in [-0.2, 0) is 16.3 Å². The third-order valence-corrected chi connectivity index (χ3v) is 4.93. The molecule has 0 aliphatic heterocycles. The molecule has 0 bridgehead atoms. The van der Waals surface area contributed by atoms with Crippen molar-refractivity contribution in [3.8, 4) is 0 Å². The number of carbonyl (C=O) groups excluding carboxylic acids is 1. The highest BCUT2D eigenvalue weighted by molar-refractivity contribution is 5.89. The zero-order valence-electron chi connectivity index (χ0n) is 14.1. The molecule has 2 unspecified atom stereocenters. The predicted molar refractivity (Wildman–Crippen MR) is 88.6 cm³/mol. The predicted octanol–water partition coefficient (Wildman–Crippen LogP) is 5.33. The maximum atomic E-state index is 12.7. The Morgan fingerprint density at radius 1 is 1.12 bits per heavy atom. The molecule has 0 aromatic heterocycles. The van der Waals surface area contributed by atoms with E-state index in [2.05, 4.69) is 6.92 Å². The summed E-state index contributed by atoms with van der Waals surface area (Å²) in [7, 11) is 0. The number of hydrogen-bond donors (Lipinski definition) is 0. The quantitative estimate of drug-likeness (QED) is 0.698. The van der Waals surface area contributed by atoms with Crippen molar-refractivity contribution in [2.75, 3.05) is 6.61 Å². The summed E-state index contributed by atoms with van der Waals surface area (Å²) in [6.07, 6.45) is -3.44. The lowest BCUT2D eigenvalue weighted by Crippen LogP contribution is -2.08. The first-order valence-corrected chi connectivity index (χ1v) is 8.20. The molecule has 0 radical (unpaired) electrons. The van der Waals surface area contributed by atoms with Crippen LogP contribution in [-0.4, -0.2) is 12.6 Å². The van der Waals surface area contributed by atoms with Crippen molar-refractivity contribution in [1.82, 2.24) is 0 Å². The van der Waals surface area contributed by atoms with E-state index in [9.17, 15) is 18.0 Å². The zero-order valence-corrected chi connectivity index (χ0v) is 14.1. The minimum Gasteiger partial charge on any atom is -0.462 e. The van der Waals surface area contributed by atoms with Crippen LogP contribution in [0.5, 0.6) is 0 Å². The van der Waals surface area contributed by atoms with Crippen LogP contribution < -0.4 is 0 Å². The third kappa shape index (κ3) is 3.41. The Morgan fingerprint density at radius 2 is 1.72 bits per heavy atom.